The van der Waals surface area contributed by atoms with Gasteiger partial charge in [-0.15, -0.1) is 0 Å². The van der Waals surface area contributed by atoms with Crippen molar-refractivity contribution in [3.05, 3.63) is 112 Å². The molecule has 7 heteroatoms. The summed E-state index contributed by atoms with van der Waals surface area (Å²) in [6.07, 6.45) is 0. The van der Waals surface area contributed by atoms with Gasteiger partial charge in [0.15, 0.2) is 6.61 Å². The number of hydrogen-bond donors (Lipinski definition) is 2. The van der Waals surface area contributed by atoms with Gasteiger partial charge < -0.3 is 15.2 Å². The van der Waals surface area contributed by atoms with E-state index in [0.29, 0.717) is 11.3 Å². The maximum absolute atomic E-state index is 12.8. The Balaban J connectivity index is 1.59. The second-order valence-electron chi connectivity index (χ2n) is 7.17. The molecule has 32 heavy (non-hydrogen) atoms. The smallest absolute Gasteiger partial charge is 0.269 e. The van der Waals surface area contributed by atoms with Crippen molar-refractivity contribution in [2.24, 2.45) is 0 Å². The van der Waals surface area contributed by atoms with E-state index in [1.54, 1.807) is 6.07 Å². The zero-order chi connectivity index (χ0) is 22.5. The fourth-order valence-corrected chi connectivity index (χ4v) is 3.57. The minimum absolute atomic E-state index is 0.0580. The first-order chi connectivity index (χ1) is 15.5. The second-order valence-corrected chi connectivity index (χ2v) is 7.17. The van der Waals surface area contributed by atoms with Gasteiger partial charge in [0.1, 0.15) is 11.5 Å². The van der Waals surface area contributed by atoms with Crippen LogP contribution in [0.15, 0.2) is 91.0 Å². The Morgan fingerprint density at radius 3 is 2.34 bits per heavy atom. The lowest BCUT2D eigenvalue weighted by Crippen LogP contribution is -2.33. The number of aromatic hydroxyl groups is 1. The first kappa shape index (κ1) is 20.9. The number of hydrogen-bond acceptors (Lipinski definition) is 5. The van der Waals surface area contributed by atoms with Gasteiger partial charge in [-0.05, 0) is 34.5 Å². The van der Waals surface area contributed by atoms with Gasteiger partial charge in [0.2, 0.25) is 0 Å². The van der Waals surface area contributed by atoms with E-state index < -0.39 is 16.9 Å². The lowest BCUT2D eigenvalue weighted by molar-refractivity contribution is -0.384. The monoisotopic (exact) mass is 428 g/mol. The predicted molar refractivity (Wildman–Crippen MR) is 121 cm³/mol. The molecule has 160 valence electrons. The summed E-state index contributed by atoms with van der Waals surface area (Å²) in [6, 6.07) is 25.4. The molecule has 1 amide bonds. The third-order valence-electron chi connectivity index (χ3n) is 5.09. The number of carbonyl (C=O) groups is 1. The highest BCUT2D eigenvalue weighted by Gasteiger charge is 2.22. The number of nitro benzene ring substituents is 1. The molecule has 1 atom stereocenters. The van der Waals surface area contributed by atoms with Gasteiger partial charge in [0.25, 0.3) is 11.6 Å². The lowest BCUT2D eigenvalue weighted by Gasteiger charge is -2.22. The van der Waals surface area contributed by atoms with Crippen LogP contribution in [0.1, 0.15) is 17.2 Å². The van der Waals surface area contributed by atoms with Gasteiger partial charge in [-0.3, -0.25) is 14.9 Å². The van der Waals surface area contributed by atoms with Crippen LogP contribution < -0.4 is 10.1 Å². The Bertz CT molecular complexity index is 1260. The van der Waals surface area contributed by atoms with Gasteiger partial charge in [-0.1, -0.05) is 60.7 Å². The fraction of sp³-hybridized carbons (Fsp3) is 0.0800. The largest absolute Gasteiger partial charge is 0.508 e. The Labute approximate surface area is 184 Å². The molecule has 0 heterocycles. The van der Waals surface area contributed by atoms with E-state index in [0.717, 1.165) is 16.3 Å². The average molecular weight is 428 g/mol. The van der Waals surface area contributed by atoms with E-state index in [4.69, 9.17) is 4.74 Å². The maximum Gasteiger partial charge on any atom is 0.269 e. The van der Waals surface area contributed by atoms with Gasteiger partial charge in [-0.25, -0.2) is 0 Å². The van der Waals surface area contributed by atoms with Crippen molar-refractivity contribution in [3.8, 4) is 11.5 Å². The number of fused-ring (bicyclic) bond motifs is 1. The van der Waals surface area contributed by atoms with Crippen LogP contribution in [0.25, 0.3) is 10.8 Å². The molecule has 0 radical (unpaired) electrons. The normalized spacial score (nSPS) is 11.6. The minimum Gasteiger partial charge on any atom is -0.508 e. The fourth-order valence-electron chi connectivity index (χ4n) is 3.57. The molecular formula is C25H20N2O5. The summed E-state index contributed by atoms with van der Waals surface area (Å²) >= 11 is 0. The molecule has 1 unspecified atom stereocenters. The standard InChI is InChI=1S/C25H20N2O5/c28-22-15-10-17-6-4-5-9-21(17)24(22)25(18-7-2-1-3-8-18)26-23(29)16-32-20-13-11-19(12-14-20)27(30)31/h1-15,25,28H,16H2,(H,26,29). The molecule has 4 aromatic rings. The summed E-state index contributed by atoms with van der Waals surface area (Å²) in [7, 11) is 0. The second kappa shape index (κ2) is 9.18. The van der Waals surface area contributed by atoms with Crippen LogP contribution in [0.2, 0.25) is 0 Å². The molecule has 4 rings (SSSR count). The molecule has 0 fully saturated rings. The Morgan fingerprint density at radius 1 is 0.938 bits per heavy atom. The van der Waals surface area contributed by atoms with E-state index in [9.17, 15) is 20.0 Å². The SMILES string of the molecule is O=C(COc1ccc([N+](=O)[O-])cc1)NC(c1ccccc1)c1c(O)ccc2ccccc12. The summed E-state index contributed by atoms with van der Waals surface area (Å²) in [4.78, 5) is 23.0. The summed E-state index contributed by atoms with van der Waals surface area (Å²) < 4.78 is 5.50. The highest BCUT2D eigenvalue weighted by Crippen LogP contribution is 2.35. The zero-order valence-corrected chi connectivity index (χ0v) is 17.0. The molecule has 7 nitrogen and oxygen atoms in total. The number of ether oxygens (including phenoxy) is 1. The summed E-state index contributed by atoms with van der Waals surface area (Å²) in [6.45, 7) is -0.285. The number of amides is 1. The zero-order valence-electron chi connectivity index (χ0n) is 17.0. The van der Waals surface area contributed by atoms with Gasteiger partial charge >= 0.3 is 0 Å². The van der Waals surface area contributed by atoms with E-state index in [2.05, 4.69) is 5.32 Å². The molecule has 0 aromatic heterocycles. The first-order valence-corrected chi connectivity index (χ1v) is 9.95. The van der Waals surface area contributed by atoms with Crippen LogP contribution in [-0.4, -0.2) is 22.5 Å². The number of benzene rings is 4. The number of carbonyl (C=O) groups excluding carboxylic acids is 1. The third-order valence-corrected chi connectivity index (χ3v) is 5.09. The van der Waals surface area contributed by atoms with Gasteiger partial charge in [0.05, 0.1) is 11.0 Å². The number of nitrogens with one attached hydrogen (secondary N) is 1. The quantitative estimate of drug-likeness (QED) is 0.327. The topological polar surface area (TPSA) is 102 Å². The summed E-state index contributed by atoms with van der Waals surface area (Å²) in [5, 5.41) is 26.2. The molecule has 0 saturated carbocycles. The summed E-state index contributed by atoms with van der Waals surface area (Å²) in [5.74, 6) is 0.0219. The van der Waals surface area contributed by atoms with Crippen molar-refractivity contribution in [3.63, 3.8) is 0 Å². The average Bonchev–Trinajstić information content (AvgIpc) is 2.82. The molecular weight excluding hydrogens is 408 g/mol. The van der Waals surface area contributed by atoms with Crippen molar-refractivity contribution < 1.29 is 19.6 Å². The molecule has 2 N–H and O–H groups in total. The van der Waals surface area contributed by atoms with E-state index >= 15 is 0 Å². The summed E-state index contributed by atoms with van der Waals surface area (Å²) in [5.41, 5.74) is 1.35. The molecule has 0 saturated heterocycles. The van der Waals surface area contributed by atoms with Crippen molar-refractivity contribution in [2.45, 2.75) is 6.04 Å². The number of rotatable bonds is 7. The van der Waals surface area contributed by atoms with Crippen LogP contribution in [0, 0.1) is 10.1 Å². The van der Waals surface area contributed by atoms with Crippen LogP contribution in [0.5, 0.6) is 11.5 Å². The molecule has 4 aromatic carbocycles. The number of phenolic OH excluding ortho intramolecular Hbond substituents is 1. The van der Waals surface area contributed by atoms with E-state index in [1.165, 1.54) is 24.3 Å². The van der Waals surface area contributed by atoms with E-state index in [-0.39, 0.29) is 18.0 Å². The van der Waals surface area contributed by atoms with Crippen LogP contribution in [0.3, 0.4) is 0 Å². The Morgan fingerprint density at radius 2 is 1.62 bits per heavy atom. The number of phenols is 1. The number of nitrogens with zero attached hydrogens (tertiary/aromatic N) is 1. The van der Waals surface area contributed by atoms with Crippen molar-refractivity contribution >= 4 is 22.4 Å². The number of nitro groups is 1. The highest BCUT2D eigenvalue weighted by molar-refractivity contribution is 5.89. The molecule has 0 aliphatic heterocycles. The minimum atomic E-state index is -0.602. The molecule has 0 spiro atoms. The van der Waals surface area contributed by atoms with Crippen molar-refractivity contribution in [1.29, 1.82) is 0 Å². The van der Waals surface area contributed by atoms with Gasteiger partial charge in [0, 0.05) is 17.7 Å². The van der Waals surface area contributed by atoms with E-state index in [1.807, 2.05) is 60.7 Å². The highest BCUT2D eigenvalue weighted by atomic mass is 16.6. The molecule has 0 aliphatic rings. The molecule has 0 bridgehead atoms. The lowest BCUT2D eigenvalue weighted by atomic mass is 9.92. The first-order valence-electron chi connectivity index (χ1n) is 9.95. The van der Waals surface area contributed by atoms with Crippen molar-refractivity contribution in [1.82, 2.24) is 5.32 Å². The number of non-ortho nitro benzene ring substituents is 1. The third kappa shape index (κ3) is 4.52. The van der Waals surface area contributed by atoms with Gasteiger partial charge in [-0.2, -0.15) is 0 Å². The van der Waals surface area contributed by atoms with Crippen molar-refractivity contribution in [2.75, 3.05) is 6.61 Å². The maximum atomic E-state index is 12.8. The van der Waals surface area contributed by atoms with Crippen LogP contribution in [0.4, 0.5) is 5.69 Å². The van der Waals surface area contributed by atoms with Crippen LogP contribution >= 0.6 is 0 Å². The van der Waals surface area contributed by atoms with Crippen LogP contribution in [-0.2, 0) is 4.79 Å². The Hall–Kier alpha value is -4.39. The Kier molecular flexibility index (Phi) is 5.98. The molecule has 0 aliphatic carbocycles. The predicted octanol–water partition coefficient (Wildman–Crippen LogP) is 4.74.